The first-order valence-electron chi connectivity index (χ1n) is 8.73. The minimum absolute atomic E-state index is 0.0835. The zero-order valence-corrected chi connectivity index (χ0v) is 16.7. The number of rotatable bonds is 7. The van der Waals surface area contributed by atoms with Crippen molar-refractivity contribution in [1.29, 1.82) is 0 Å². The highest BCUT2D eigenvalue weighted by Gasteiger charge is 2.18. The molecule has 0 spiro atoms. The largest absolute Gasteiger partial charge is 0.459 e. The standard InChI is InChI=1S/C21H19ClN2O3S/c1-2-19(21(26)23-15-10-8-14(22)9-11-15)28-17-6-3-5-16(13-17)24-20(25)18-7-4-12-27-18/h3-13,19H,2H2,1H3,(H,23,26)(H,24,25). The lowest BCUT2D eigenvalue weighted by Crippen LogP contribution is -2.24. The molecule has 144 valence electrons. The third kappa shape index (κ3) is 5.41. The second kappa shape index (κ2) is 9.48. The van der Waals surface area contributed by atoms with Crippen LogP contribution in [0.5, 0.6) is 0 Å². The van der Waals surface area contributed by atoms with E-state index >= 15 is 0 Å². The first-order chi connectivity index (χ1) is 13.5. The molecule has 1 heterocycles. The van der Waals surface area contributed by atoms with E-state index in [2.05, 4.69) is 10.6 Å². The molecule has 2 aromatic carbocycles. The second-order valence-corrected chi connectivity index (χ2v) is 7.68. The summed E-state index contributed by atoms with van der Waals surface area (Å²) in [7, 11) is 0. The molecular weight excluding hydrogens is 396 g/mol. The summed E-state index contributed by atoms with van der Waals surface area (Å²) in [6.07, 6.45) is 2.11. The number of hydrogen-bond acceptors (Lipinski definition) is 4. The van der Waals surface area contributed by atoms with E-state index in [1.165, 1.54) is 18.0 Å². The summed E-state index contributed by atoms with van der Waals surface area (Å²) in [5, 5.41) is 6.04. The average molecular weight is 415 g/mol. The molecule has 2 amide bonds. The quantitative estimate of drug-likeness (QED) is 0.487. The molecule has 1 aromatic heterocycles. The Labute approximate surface area is 172 Å². The highest BCUT2D eigenvalue weighted by Crippen LogP contribution is 2.29. The molecule has 7 heteroatoms. The van der Waals surface area contributed by atoms with Gasteiger partial charge in [0.05, 0.1) is 11.5 Å². The lowest BCUT2D eigenvalue weighted by atomic mass is 10.2. The molecule has 1 unspecified atom stereocenters. The molecule has 0 aliphatic carbocycles. The molecule has 0 saturated carbocycles. The Balaban J connectivity index is 1.64. The van der Waals surface area contributed by atoms with Gasteiger partial charge in [0.15, 0.2) is 5.76 Å². The van der Waals surface area contributed by atoms with Crippen molar-refractivity contribution in [3.63, 3.8) is 0 Å². The van der Waals surface area contributed by atoms with Crippen LogP contribution in [-0.4, -0.2) is 17.1 Å². The third-order valence-corrected chi connectivity index (χ3v) is 5.50. The Morgan fingerprint density at radius 3 is 2.50 bits per heavy atom. The van der Waals surface area contributed by atoms with Crippen LogP contribution < -0.4 is 10.6 Å². The van der Waals surface area contributed by atoms with E-state index in [0.717, 1.165) is 4.90 Å². The first kappa shape index (κ1) is 20.0. The van der Waals surface area contributed by atoms with Crippen LogP contribution in [-0.2, 0) is 4.79 Å². The SMILES string of the molecule is CCC(Sc1cccc(NC(=O)c2ccco2)c1)C(=O)Nc1ccc(Cl)cc1. The van der Waals surface area contributed by atoms with E-state index in [0.29, 0.717) is 22.8 Å². The van der Waals surface area contributed by atoms with Gasteiger partial charge < -0.3 is 15.1 Å². The fraction of sp³-hybridized carbons (Fsp3) is 0.143. The molecule has 2 N–H and O–H groups in total. The van der Waals surface area contributed by atoms with Crippen molar-refractivity contribution in [2.75, 3.05) is 10.6 Å². The maximum Gasteiger partial charge on any atom is 0.291 e. The zero-order valence-electron chi connectivity index (χ0n) is 15.1. The van der Waals surface area contributed by atoms with E-state index in [1.807, 2.05) is 25.1 Å². The van der Waals surface area contributed by atoms with Crippen LogP contribution in [0.15, 0.2) is 76.2 Å². The zero-order chi connectivity index (χ0) is 19.9. The molecular formula is C21H19ClN2O3S. The second-order valence-electron chi connectivity index (χ2n) is 5.97. The van der Waals surface area contributed by atoms with Crippen LogP contribution in [0.2, 0.25) is 5.02 Å². The van der Waals surface area contributed by atoms with Gasteiger partial charge in [0.2, 0.25) is 5.91 Å². The lowest BCUT2D eigenvalue weighted by molar-refractivity contribution is -0.115. The summed E-state index contributed by atoms with van der Waals surface area (Å²) in [6, 6.07) is 17.6. The number of carbonyl (C=O) groups is 2. The predicted octanol–water partition coefficient (Wildman–Crippen LogP) is 5.69. The van der Waals surface area contributed by atoms with Gasteiger partial charge in [-0.3, -0.25) is 9.59 Å². The van der Waals surface area contributed by atoms with Crippen LogP contribution in [0, 0.1) is 0 Å². The fourth-order valence-corrected chi connectivity index (χ4v) is 3.63. The van der Waals surface area contributed by atoms with E-state index in [9.17, 15) is 9.59 Å². The van der Waals surface area contributed by atoms with Crippen molar-refractivity contribution in [3.05, 3.63) is 77.7 Å². The normalized spacial score (nSPS) is 11.6. The molecule has 5 nitrogen and oxygen atoms in total. The Bertz CT molecular complexity index is 943. The Morgan fingerprint density at radius 2 is 1.82 bits per heavy atom. The number of hydrogen-bond donors (Lipinski definition) is 2. The van der Waals surface area contributed by atoms with Crippen molar-refractivity contribution in [1.82, 2.24) is 0 Å². The maximum absolute atomic E-state index is 12.6. The monoisotopic (exact) mass is 414 g/mol. The van der Waals surface area contributed by atoms with Crippen molar-refractivity contribution < 1.29 is 14.0 Å². The number of halogens is 1. The van der Waals surface area contributed by atoms with Crippen LogP contribution in [0.3, 0.4) is 0 Å². The molecule has 28 heavy (non-hydrogen) atoms. The minimum atomic E-state index is -0.320. The van der Waals surface area contributed by atoms with Crippen LogP contribution in [0.4, 0.5) is 11.4 Å². The first-order valence-corrected chi connectivity index (χ1v) is 9.99. The number of nitrogens with one attached hydrogen (secondary N) is 2. The summed E-state index contributed by atoms with van der Waals surface area (Å²) in [4.78, 5) is 25.6. The van der Waals surface area contributed by atoms with E-state index in [1.54, 1.807) is 42.5 Å². The molecule has 0 aliphatic rings. The Kier molecular flexibility index (Phi) is 6.79. The molecule has 0 saturated heterocycles. The minimum Gasteiger partial charge on any atom is -0.459 e. The summed E-state index contributed by atoms with van der Waals surface area (Å²) in [6.45, 7) is 1.96. The number of anilines is 2. The molecule has 3 aromatic rings. The number of furan rings is 1. The number of thioether (sulfide) groups is 1. The van der Waals surface area contributed by atoms with Gasteiger partial charge in [0, 0.05) is 21.3 Å². The van der Waals surface area contributed by atoms with Gasteiger partial charge in [0.1, 0.15) is 0 Å². The molecule has 0 bridgehead atoms. The van der Waals surface area contributed by atoms with Crippen LogP contribution >= 0.6 is 23.4 Å². The summed E-state index contributed by atoms with van der Waals surface area (Å²) >= 11 is 7.32. The molecule has 1 atom stereocenters. The molecule has 0 aliphatic heterocycles. The predicted molar refractivity (Wildman–Crippen MR) is 113 cm³/mol. The van der Waals surface area contributed by atoms with Gasteiger partial charge in [-0.05, 0) is 61.0 Å². The smallest absolute Gasteiger partial charge is 0.291 e. The van der Waals surface area contributed by atoms with Gasteiger partial charge in [-0.1, -0.05) is 24.6 Å². The van der Waals surface area contributed by atoms with Gasteiger partial charge in [-0.25, -0.2) is 0 Å². The summed E-state index contributed by atoms with van der Waals surface area (Å²) < 4.78 is 5.10. The van der Waals surface area contributed by atoms with Crippen molar-refractivity contribution in [2.24, 2.45) is 0 Å². The van der Waals surface area contributed by atoms with Crippen molar-refractivity contribution in [3.8, 4) is 0 Å². The summed E-state index contributed by atoms with van der Waals surface area (Å²) in [5.74, 6) is -0.161. The summed E-state index contributed by atoms with van der Waals surface area (Å²) in [5.41, 5.74) is 1.34. The number of carbonyl (C=O) groups excluding carboxylic acids is 2. The van der Waals surface area contributed by atoms with Crippen molar-refractivity contribution >= 4 is 46.6 Å². The van der Waals surface area contributed by atoms with E-state index < -0.39 is 0 Å². The third-order valence-electron chi connectivity index (χ3n) is 3.89. The van der Waals surface area contributed by atoms with Gasteiger partial charge in [0.25, 0.3) is 5.91 Å². The molecule has 0 fully saturated rings. The number of benzene rings is 2. The van der Waals surface area contributed by atoms with E-state index in [-0.39, 0.29) is 22.8 Å². The fourth-order valence-electron chi connectivity index (χ4n) is 2.49. The topological polar surface area (TPSA) is 71.3 Å². The Hall–Kier alpha value is -2.70. The molecule has 0 radical (unpaired) electrons. The van der Waals surface area contributed by atoms with Gasteiger partial charge in [-0.15, -0.1) is 11.8 Å². The van der Waals surface area contributed by atoms with Crippen molar-refractivity contribution in [2.45, 2.75) is 23.5 Å². The molecule has 3 rings (SSSR count). The number of amides is 2. The average Bonchev–Trinajstić information content (AvgIpc) is 3.23. The highest BCUT2D eigenvalue weighted by atomic mass is 35.5. The van der Waals surface area contributed by atoms with Crippen LogP contribution in [0.1, 0.15) is 23.9 Å². The lowest BCUT2D eigenvalue weighted by Gasteiger charge is -2.15. The van der Waals surface area contributed by atoms with E-state index in [4.69, 9.17) is 16.0 Å². The maximum atomic E-state index is 12.6. The van der Waals surface area contributed by atoms with Gasteiger partial charge >= 0.3 is 0 Å². The highest BCUT2D eigenvalue weighted by molar-refractivity contribution is 8.00. The Morgan fingerprint density at radius 1 is 1.04 bits per heavy atom. The van der Waals surface area contributed by atoms with Gasteiger partial charge in [-0.2, -0.15) is 0 Å². The van der Waals surface area contributed by atoms with Crippen LogP contribution in [0.25, 0.3) is 0 Å².